The highest BCUT2D eigenvalue weighted by atomic mass is 32.2. The summed E-state index contributed by atoms with van der Waals surface area (Å²) in [6.07, 6.45) is 1.78. The van der Waals surface area contributed by atoms with Gasteiger partial charge in [0, 0.05) is 12.1 Å². The van der Waals surface area contributed by atoms with Crippen LogP contribution in [-0.4, -0.2) is 38.1 Å². The second-order valence-electron chi connectivity index (χ2n) is 5.50. The first-order valence-electron chi connectivity index (χ1n) is 6.91. The number of carboxylic acids is 1. The molecule has 0 amide bonds. The van der Waals surface area contributed by atoms with Crippen molar-refractivity contribution in [1.29, 1.82) is 0 Å². The molecule has 1 fully saturated rings. The normalized spacial score (nSPS) is 15.2. The molecule has 1 aliphatic carbocycles. The highest BCUT2D eigenvalue weighted by Crippen LogP contribution is 2.35. The first kappa shape index (κ1) is 15.8. The molecule has 0 aliphatic heterocycles. The van der Waals surface area contributed by atoms with Gasteiger partial charge in [-0.1, -0.05) is 12.1 Å². The second kappa shape index (κ2) is 6.03. The smallest absolute Gasteiger partial charge is 0.323 e. The Hall–Kier alpha value is -1.60. The standard InChI is InChI=1S/C14H20N2O4S/c1-10(2)15-21(19,20)13-6-4-3-5-12(13)16(9-14(17)18)11-7-8-11/h3-6,10-11,15H,7-9H2,1-2H3,(H,17,18). The lowest BCUT2D eigenvalue weighted by molar-refractivity contribution is -0.135. The van der Waals surface area contributed by atoms with Gasteiger partial charge in [0.2, 0.25) is 10.0 Å². The number of para-hydroxylation sites is 1. The molecule has 2 N–H and O–H groups in total. The van der Waals surface area contributed by atoms with E-state index < -0.39 is 16.0 Å². The van der Waals surface area contributed by atoms with Gasteiger partial charge in [-0.15, -0.1) is 0 Å². The molecular weight excluding hydrogens is 292 g/mol. The van der Waals surface area contributed by atoms with E-state index in [2.05, 4.69) is 4.72 Å². The Balaban J connectivity index is 2.42. The highest BCUT2D eigenvalue weighted by molar-refractivity contribution is 7.89. The van der Waals surface area contributed by atoms with Crippen LogP contribution in [0.3, 0.4) is 0 Å². The molecule has 0 atom stereocenters. The van der Waals surface area contributed by atoms with Crippen LogP contribution in [0.15, 0.2) is 29.2 Å². The van der Waals surface area contributed by atoms with Crippen molar-refractivity contribution in [3.63, 3.8) is 0 Å². The third kappa shape index (κ3) is 3.95. The molecule has 1 saturated carbocycles. The van der Waals surface area contributed by atoms with Crippen molar-refractivity contribution >= 4 is 21.7 Å². The number of anilines is 1. The molecule has 2 rings (SSSR count). The maximum absolute atomic E-state index is 12.4. The number of sulfonamides is 1. The molecule has 7 heteroatoms. The monoisotopic (exact) mass is 312 g/mol. The van der Waals surface area contributed by atoms with Crippen LogP contribution in [-0.2, 0) is 14.8 Å². The van der Waals surface area contributed by atoms with Crippen molar-refractivity contribution in [2.24, 2.45) is 0 Å². The lowest BCUT2D eigenvalue weighted by atomic mass is 10.2. The number of nitrogens with one attached hydrogen (secondary N) is 1. The molecule has 0 radical (unpaired) electrons. The summed E-state index contributed by atoms with van der Waals surface area (Å²) in [7, 11) is -3.66. The minimum atomic E-state index is -3.66. The first-order valence-corrected chi connectivity index (χ1v) is 8.39. The zero-order valence-electron chi connectivity index (χ0n) is 12.1. The number of aliphatic carboxylic acids is 1. The van der Waals surface area contributed by atoms with Crippen molar-refractivity contribution < 1.29 is 18.3 Å². The van der Waals surface area contributed by atoms with E-state index in [0.29, 0.717) is 5.69 Å². The van der Waals surface area contributed by atoms with Gasteiger partial charge < -0.3 is 10.0 Å². The molecule has 21 heavy (non-hydrogen) atoms. The van der Waals surface area contributed by atoms with Crippen molar-refractivity contribution in [3.8, 4) is 0 Å². The fourth-order valence-corrected chi connectivity index (χ4v) is 3.70. The van der Waals surface area contributed by atoms with Crippen LogP contribution in [0.25, 0.3) is 0 Å². The number of rotatable bonds is 7. The van der Waals surface area contributed by atoms with Crippen LogP contribution in [0.1, 0.15) is 26.7 Å². The van der Waals surface area contributed by atoms with Gasteiger partial charge in [-0.2, -0.15) is 0 Å². The quantitative estimate of drug-likeness (QED) is 0.795. The van der Waals surface area contributed by atoms with Crippen LogP contribution in [0.2, 0.25) is 0 Å². The van der Waals surface area contributed by atoms with Gasteiger partial charge in [0.25, 0.3) is 0 Å². The van der Waals surface area contributed by atoms with Crippen molar-refractivity contribution in [2.45, 2.75) is 43.7 Å². The van der Waals surface area contributed by atoms with Gasteiger partial charge in [0.1, 0.15) is 11.4 Å². The highest BCUT2D eigenvalue weighted by Gasteiger charge is 2.33. The molecule has 0 heterocycles. The maximum atomic E-state index is 12.4. The fraction of sp³-hybridized carbons (Fsp3) is 0.500. The summed E-state index contributed by atoms with van der Waals surface area (Å²) >= 11 is 0. The molecule has 116 valence electrons. The minimum absolute atomic E-state index is 0.108. The Morgan fingerprint density at radius 2 is 2.00 bits per heavy atom. The third-order valence-corrected chi connectivity index (χ3v) is 4.85. The Morgan fingerprint density at radius 1 is 1.38 bits per heavy atom. The second-order valence-corrected chi connectivity index (χ2v) is 7.18. The van der Waals surface area contributed by atoms with Gasteiger partial charge in [0.05, 0.1) is 5.69 Å². The molecule has 0 aromatic heterocycles. The Kier molecular flexibility index (Phi) is 4.53. The van der Waals surface area contributed by atoms with E-state index in [1.54, 1.807) is 36.9 Å². The molecule has 6 nitrogen and oxygen atoms in total. The van der Waals surface area contributed by atoms with Gasteiger partial charge in [-0.3, -0.25) is 4.79 Å². The summed E-state index contributed by atoms with van der Waals surface area (Å²) < 4.78 is 27.4. The summed E-state index contributed by atoms with van der Waals surface area (Å²) in [5.74, 6) is -0.967. The summed E-state index contributed by atoms with van der Waals surface area (Å²) in [6.45, 7) is 3.30. The van der Waals surface area contributed by atoms with E-state index in [-0.39, 0.29) is 23.5 Å². The average molecular weight is 312 g/mol. The predicted octanol–water partition coefficient (Wildman–Crippen LogP) is 1.43. The molecule has 0 unspecified atom stereocenters. The molecule has 0 bridgehead atoms. The summed E-state index contributed by atoms with van der Waals surface area (Å²) in [4.78, 5) is 12.8. The Bertz CT molecular complexity index is 624. The maximum Gasteiger partial charge on any atom is 0.323 e. The van der Waals surface area contributed by atoms with E-state index in [0.717, 1.165) is 12.8 Å². The Morgan fingerprint density at radius 3 is 2.52 bits per heavy atom. The summed E-state index contributed by atoms with van der Waals surface area (Å²) in [6, 6.07) is 6.42. The number of carboxylic acid groups (broad SMARTS) is 1. The van der Waals surface area contributed by atoms with Gasteiger partial charge in [0.15, 0.2) is 0 Å². The zero-order chi connectivity index (χ0) is 15.6. The fourth-order valence-electron chi connectivity index (χ4n) is 2.24. The van der Waals surface area contributed by atoms with Crippen LogP contribution >= 0.6 is 0 Å². The van der Waals surface area contributed by atoms with Crippen molar-refractivity contribution in [1.82, 2.24) is 4.72 Å². The number of benzene rings is 1. The molecule has 0 saturated heterocycles. The molecule has 0 spiro atoms. The predicted molar refractivity (Wildman–Crippen MR) is 79.9 cm³/mol. The summed E-state index contributed by atoms with van der Waals surface area (Å²) in [5, 5.41) is 9.05. The molecule has 1 aliphatic rings. The number of nitrogens with zero attached hydrogens (tertiary/aromatic N) is 1. The van der Waals surface area contributed by atoms with Gasteiger partial charge >= 0.3 is 5.97 Å². The average Bonchev–Trinajstić information content (AvgIpc) is 3.18. The van der Waals surface area contributed by atoms with Crippen LogP contribution in [0.5, 0.6) is 0 Å². The number of hydrogen-bond acceptors (Lipinski definition) is 4. The molecular formula is C14H20N2O4S. The number of carbonyl (C=O) groups is 1. The molecule has 1 aromatic carbocycles. The largest absolute Gasteiger partial charge is 0.480 e. The van der Waals surface area contributed by atoms with Crippen LogP contribution in [0.4, 0.5) is 5.69 Å². The van der Waals surface area contributed by atoms with Crippen molar-refractivity contribution in [3.05, 3.63) is 24.3 Å². The summed E-state index contributed by atoms with van der Waals surface area (Å²) in [5.41, 5.74) is 0.454. The first-order chi connectivity index (χ1) is 9.81. The lowest BCUT2D eigenvalue weighted by Crippen LogP contribution is -2.35. The minimum Gasteiger partial charge on any atom is -0.480 e. The Labute approximate surface area is 124 Å². The lowest BCUT2D eigenvalue weighted by Gasteiger charge is -2.25. The zero-order valence-corrected chi connectivity index (χ0v) is 12.9. The van der Waals surface area contributed by atoms with Crippen molar-refractivity contribution in [2.75, 3.05) is 11.4 Å². The van der Waals surface area contributed by atoms with E-state index in [1.807, 2.05) is 0 Å². The third-order valence-electron chi connectivity index (χ3n) is 3.15. The molecule has 1 aromatic rings. The van der Waals surface area contributed by atoms with Gasteiger partial charge in [-0.25, -0.2) is 13.1 Å². The SMILES string of the molecule is CC(C)NS(=O)(=O)c1ccccc1N(CC(=O)O)C1CC1. The van der Waals surface area contributed by atoms with Gasteiger partial charge in [-0.05, 0) is 38.8 Å². The number of hydrogen-bond donors (Lipinski definition) is 2. The van der Waals surface area contributed by atoms with E-state index >= 15 is 0 Å². The van der Waals surface area contributed by atoms with E-state index in [1.165, 1.54) is 6.07 Å². The van der Waals surface area contributed by atoms with Crippen LogP contribution in [0, 0.1) is 0 Å². The van der Waals surface area contributed by atoms with E-state index in [9.17, 15) is 13.2 Å². The topological polar surface area (TPSA) is 86.7 Å². The van der Waals surface area contributed by atoms with E-state index in [4.69, 9.17) is 5.11 Å². The van der Waals surface area contributed by atoms with Crippen LogP contribution < -0.4 is 9.62 Å².